The zero-order valence-electron chi connectivity index (χ0n) is 8.15. The Hall–Kier alpha value is -1.89. The topological polar surface area (TPSA) is 127 Å². The average Bonchev–Trinajstić information content (AvgIpc) is 2.54. The predicted molar refractivity (Wildman–Crippen MR) is 51.1 cm³/mol. The number of H-pyrrole nitrogens is 1. The normalized spacial score (nSPS) is 11.3. The number of amides is 1. The summed E-state index contributed by atoms with van der Waals surface area (Å²) >= 11 is 0. The first kappa shape index (κ1) is 13.1. The third-order valence-corrected chi connectivity index (χ3v) is 1.65. The number of carbonyl (C=O) groups excluding carboxylic acids is 1. The number of aromatic amines is 1. The van der Waals surface area contributed by atoms with Gasteiger partial charge in [0, 0.05) is 25.2 Å². The fourth-order valence-corrected chi connectivity index (χ4v) is 1.06. The van der Waals surface area contributed by atoms with E-state index in [0.29, 0.717) is 5.69 Å². The molecule has 15 heavy (non-hydrogen) atoms. The summed E-state index contributed by atoms with van der Waals surface area (Å²) in [6, 6.07) is -0.909. The smallest absolute Gasteiger partial charge is 0.326 e. The Morgan fingerprint density at radius 3 is 2.73 bits per heavy atom. The van der Waals surface area contributed by atoms with Gasteiger partial charge in [0.25, 0.3) is 0 Å². The van der Waals surface area contributed by atoms with Gasteiger partial charge in [0.1, 0.15) is 6.04 Å². The molecule has 0 unspecified atom stereocenters. The third kappa shape index (κ3) is 4.23. The second-order valence-corrected chi connectivity index (χ2v) is 2.87. The van der Waals surface area contributed by atoms with E-state index in [1.165, 1.54) is 19.4 Å². The molecule has 0 fully saturated rings. The SMILES string of the molecule is CC(=O)N[C@@H](Cc1cnc[nH]1)C(=O)O.O. The summed E-state index contributed by atoms with van der Waals surface area (Å²) in [5, 5.41) is 11.1. The maximum atomic E-state index is 10.7. The lowest BCUT2D eigenvalue weighted by Gasteiger charge is -2.11. The molecule has 1 aromatic heterocycles. The van der Waals surface area contributed by atoms with Crippen LogP contribution in [0.1, 0.15) is 12.6 Å². The minimum Gasteiger partial charge on any atom is -0.480 e. The highest BCUT2D eigenvalue weighted by Crippen LogP contribution is 1.98. The predicted octanol–water partition coefficient (Wildman–Crippen LogP) is -1.28. The van der Waals surface area contributed by atoms with Gasteiger partial charge in [-0.1, -0.05) is 0 Å². The van der Waals surface area contributed by atoms with Crippen molar-refractivity contribution in [2.75, 3.05) is 0 Å². The first-order valence-corrected chi connectivity index (χ1v) is 4.06. The van der Waals surface area contributed by atoms with Crippen molar-refractivity contribution in [2.45, 2.75) is 19.4 Å². The van der Waals surface area contributed by atoms with Crippen LogP contribution in [0.4, 0.5) is 0 Å². The molecule has 1 rings (SSSR count). The quantitative estimate of drug-likeness (QED) is 0.577. The Bertz CT molecular complexity index is 323. The Balaban J connectivity index is 0.00000196. The minimum atomic E-state index is -1.06. The number of nitrogens with one attached hydrogen (secondary N) is 2. The molecular weight excluding hydrogens is 202 g/mol. The van der Waals surface area contributed by atoms with Crippen LogP contribution in [0.25, 0.3) is 0 Å². The van der Waals surface area contributed by atoms with Gasteiger partial charge in [-0.25, -0.2) is 9.78 Å². The van der Waals surface area contributed by atoms with Crippen molar-refractivity contribution in [3.8, 4) is 0 Å². The first-order chi connectivity index (χ1) is 6.59. The summed E-state index contributed by atoms with van der Waals surface area (Å²) in [6.07, 6.45) is 3.19. The van der Waals surface area contributed by atoms with Crippen LogP contribution in [-0.4, -0.2) is 38.5 Å². The van der Waals surface area contributed by atoms with Crippen molar-refractivity contribution in [3.63, 3.8) is 0 Å². The molecule has 84 valence electrons. The van der Waals surface area contributed by atoms with Crippen LogP contribution in [0.15, 0.2) is 12.5 Å². The summed E-state index contributed by atoms with van der Waals surface area (Å²) in [5.74, 6) is -1.42. The fourth-order valence-electron chi connectivity index (χ4n) is 1.06. The zero-order chi connectivity index (χ0) is 10.6. The van der Waals surface area contributed by atoms with E-state index < -0.39 is 12.0 Å². The molecule has 0 bridgehead atoms. The lowest BCUT2D eigenvalue weighted by molar-refractivity contribution is -0.141. The molecule has 0 saturated carbocycles. The number of hydrogen-bond acceptors (Lipinski definition) is 3. The van der Waals surface area contributed by atoms with E-state index in [0.717, 1.165) is 0 Å². The van der Waals surface area contributed by atoms with Gasteiger partial charge < -0.3 is 20.9 Å². The van der Waals surface area contributed by atoms with E-state index in [2.05, 4.69) is 15.3 Å². The number of hydrogen-bond donors (Lipinski definition) is 3. The van der Waals surface area contributed by atoms with Gasteiger partial charge in [0.2, 0.25) is 5.91 Å². The molecule has 0 spiro atoms. The van der Waals surface area contributed by atoms with Crippen LogP contribution < -0.4 is 5.32 Å². The molecule has 0 aliphatic carbocycles. The van der Waals surface area contributed by atoms with Crippen LogP contribution in [0.2, 0.25) is 0 Å². The number of aliphatic carboxylic acids is 1. The van der Waals surface area contributed by atoms with E-state index in [1.807, 2.05) is 0 Å². The van der Waals surface area contributed by atoms with E-state index in [1.54, 1.807) is 0 Å². The van der Waals surface area contributed by atoms with Crippen molar-refractivity contribution in [1.82, 2.24) is 15.3 Å². The van der Waals surface area contributed by atoms with Gasteiger partial charge in [0.05, 0.1) is 6.33 Å². The van der Waals surface area contributed by atoms with Crippen molar-refractivity contribution in [1.29, 1.82) is 0 Å². The summed E-state index contributed by atoms with van der Waals surface area (Å²) < 4.78 is 0. The van der Waals surface area contributed by atoms with Crippen molar-refractivity contribution in [2.24, 2.45) is 0 Å². The number of aromatic nitrogens is 2. The molecule has 0 saturated heterocycles. The Morgan fingerprint density at radius 1 is 1.67 bits per heavy atom. The highest BCUT2D eigenvalue weighted by atomic mass is 16.4. The molecule has 1 aromatic rings. The molecule has 0 aliphatic rings. The van der Waals surface area contributed by atoms with Crippen molar-refractivity contribution >= 4 is 11.9 Å². The molecule has 7 heteroatoms. The largest absolute Gasteiger partial charge is 0.480 e. The first-order valence-electron chi connectivity index (χ1n) is 4.06. The zero-order valence-corrected chi connectivity index (χ0v) is 8.15. The van der Waals surface area contributed by atoms with Crippen LogP contribution in [-0.2, 0) is 16.0 Å². The lowest BCUT2D eigenvalue weighted by atomic mass is 10.1. The Labute approximate surface area is 85.8 Å². The summed E-state index contributed by atoms with van der Waals surface area (Å²) in [5.41, 5.74) is 0.672. The second kappa shape index (κ2) is 5.76. The van der Waals surface area contributed by atoms with Gasteiger partial charge >= 0.3 is 5.97 Å². The molecule has 1 atom stereocenters. The van der Waals surface area contributed by atoms with E-state index in [-0.39, 0.29) is 17.8 Å². The van der Waals surface area contributed by atoms with Crippen molar-refractivity contribution in [3.05, 3.63) is 18.2 Å². The molecule has 7 nitrogen and oxygen atoms in total. The van der Waals surface area contributed by atoms with Crippen LogP contribution >= 0.6 is 0 Å². The van der Waals surface area contributed by atoms with Gasteiger partial charge in [-0.15, -0.1) is 0 Å². The van der Waals surface area contributed by atoms with Gasteiger partial charge in [-0.05, 0) is 0 Å². The highest BCUT2D eigenvalue weighted by Gasteiger charge is 2.18. The van der Waals surface area contributed by atoms with Gasteiger partial charge in [-0.2, -0.15) is 0 Å². The van der Waals surface area contributed by atoms with E-state index in [4.69, 9.17) is 5.11 Å². The minimum absolute atomic E-state index is 0. The van der Waals surface area contributed by atoms with E-state index >= 15 is 0 Å². The van der Waals surface area contributed by atoms with Crippen LogP contribution in [0.5, 0.6) is 0 Å². The summed E-state index contributed by atoms with van der Waals surface area (Å²) in [4.78, 5) is 27.9. The second-order valence-electron chi connectivity index (χ2n) is 2.87. The molecule has 0 aliphatic heterocycles. The fraction of sp³-hybridized carbons (Fsp3) is 0.375. The maximum Gasteiger partial charge on any atom is 0.326 e. The summed E-state index contributed by atoms with van der Waals surface area (Å²) in [7, 11) is 0. The third-order valence-electron chi connectivity index (χ3n) is 1.65. The highest BCUT2D eigenvalue weighted by molar-refractivity contribution is 5.82. The summed E-state index contributed by atoms with van der Waals surface area (Å²) in [6.45, 7) is 1.28. The molecule has 0 radical (unpaired) electrons. The monoisotopic (exact) mass is 215 g/mol. The Kier molecular flexibility index (Phi) is 5.03. The van der Waals surface area contributed by atoms with Gasteiger partial charge in [0.15, 0.2) is 0 Å². The number of rotatable bonds is 4. The van der Waals surface area contributed by atoms with Crippen LogP contribution in [0.3, 0.4) is 0 Å². The molecule has 1 amide bonds. The van der Waals surface area contributed by atoms with Gasteiger partial charge in [-0.3, -0.25) is 4.79 Å². The number of carbonyl (C=O) groups is 2. The number of carboxylic acids is 1. The number of imidazole rings is 1. The molecular formula is C8H13N3O4. The average molecular weight is 215 g/mol. The molecule has 0 aromatic carbocycles. The molecule has 1 heterocycles. The Morgan fingerprint density at radius 2 is 2.33 bits per heavy atom. The van der Waals surface area contributed by atoms with E-state index in [9.17, 15) is 9.59 Å². The number of nitrogens with zero attached hydrogens (tertiary/aromatic N) is 1. The maximum absolute atomic E-state index is 10.7. The van der Waals surface area contributed by atoms with Crippen LogP contribution in [0, 0.1) is 0 Å². The van der Waals surface area contributed by atoms with Crippen molar-refractivity contribution < 1.29 is 20.2 Å². The molecule has 5 N–H and O–H groups in total. The number of carboxylic acid groups (broad SMARTS) is 1. The standard InChI is InChI=1S/C8H11N3O3.H2O/c1-5(12)11-7(8(13)14)2-6-3-9-4-10-6;/h3-4,7H,2H2,1H3,(H,9,10)(H,11,12)(H,13,14);1H2/t7-;/m0./s1. The lowest BCUT2D eigenvalue weighted by Crippen LogP contribution is -2.41.